The van der Waals surface area contributed by atoms with E-state index in [1.54, 1.807) is 32.6 Å². The highest BCUT2D eigenvalue weighted by molar-refractivity contribution is 6.17. The zero-order valence-electron chi connectivity index (χ0n) is 15.1. The summed E-state index contributed by atoms with van der Waals surface area (Å²) in [4.78, 5) is 0. The molecule has 0 aromatic heterocycles. The molecule has 0 bridgehead atoms. The Morgan fingerprint density at radius 3 is 2.48 bits per heavy atom. The Balaban J connectivity index is 2.54. The predicted molar refractivity (Wildman–Crippen MR) is 102 cm³/mol. The lowest BCUT2D eigenvalue weighted by Gasteiger charge is -2.23. The van der Waals surface area contributed by atoms with E-state index in [0.717, 1.165) is 23.1 Å². The van der Waals surface area contributed by atoms with Crippen molar-refractivity contribution in [2.45, 2.75) is 26.1 Å². The Morgan fingerprint density at radius 1 is 1.08 bits per heavy atom. The minimum absolute atomic E-state index is 0.148. The largest absolute Gasteiger partial charge is 0.505 e. The van der Waals surface area contributed by atoms with Crippen molar-refractivity contribution in [3.8, 4) is 16.9 Å². The summed E-state index contributed by atoms with van der Waals surface area (Å²) >= 11 is 6.00. The molecule has 134 valence electrons. The zero-order valence-corrected chi connectivity index (χ0v) is 15.9. The summed E-state index contributed by atoms with van der Waals surface area (Å²) in [5.41, 5.74) is 3.28. The molecule has 0 radical (unpaired) electrons. The first-order valence-electron chi connectivity index (χ1n) is 8.12. The summed E-state index contributed by atoms with van der Waals surface area (Å²) in [7, 11) is 3.20. The lowest BCUT2D eigenvalue weighted by molar-refractivity contribution is 0.326. The summed E-state index contributed by atoms with van der Waals surface area (Å²) in [5, 5.41) is 0. The maximum Gasteiger partial charge on any atom is 0.131 e. The fourth-order valence-electron chi connectivity index (χ4n) is 2.78. The summed E-state index contributed by atoms with van der Waals surface area (Å²) in [5.74, 6) is 0.774. The SMILES string of the molecule is COC=CC(C)(C)Cc1cc(CCl)ccc1-c1cc(OC)ccc1F. The molecule has 2 aromatic carbocycles. The Morgan fingerprint density at radius 2 is 1.84 bits per heavy atom. The third-order valence-corrected chi connectivity index (χ3v) is 4.40. The first-order chi connectivity index (χ1) is 11.9. The van der Waals surface area contributed by atoms with Crippen molar-refractivity contribution < 1.29 is 13.9 Å². The van der Waals surface area contributed by atoms with Gasteiger partial charge >= 0.3 is 0 Å². The van der Waals surface area contributed by atoms with Crippen LogP contribution in [0, 0.1) is 11.2 Å². The molecule has 0 saturated heterocycles. The van der Waals surface area contributed by atoms with E-state index in [-0.39, 0.29) is 11.2 Å². The molecular weight excluding hydrogens is 339 g/mol. The molecule has 0 aliphatic heterocycles. The standard InChI is InChI=1S/C21H24ClFO2/c1-21(2,9-10-24-3)13-16-11-15(14-22)5-7-18(16)19-12-17(25-4)6-8-20(19)23/h5-12H,13-14H2,1-4H3. The maximum absolute atomic E-state index is 14.5. The molecule has 2 aromatic rings. The second kappa shape index (κ2) is 8.39. The van der Waals surface area contributed by atoms with Gasteiger partial charge in [0, 0.05) is 11.4 Å². The van der Waals surface area contributed by atoms with E-state index in [2.05, 4.69) is 13.8 Å². The fourth-order valence-corrected chi connectivity index (χ4v) is 2.95. The van der Waals surface area contributed by atoms with E-state index in [1.807, 2.05) is 24.3 Å². The highest BCUT2D eigenvalue weighted by Crippen LogP contribution is 2.34. The number of allylic oxidation sites excluding steroid dienone is 1. The van der Waals surface area contributed by atoms with Crippen LogP contribution in [0.2, 0.25) is 0 Å². The van der Waals surface area contributed by atoms with Crippen molar-refractivity contribution >= 4 is 11.6 Å². The summed E-state index contributed by atoms with van der Waals surface area (Å²) < 4.78 is 24.8. The average Bonchev–Trinajstić information content (AvgIpc) is 2.60. The van der Waals surface area contributed by atoms with Crippen LogP contribution >= 0.6 is 11.6 Å². The summed E-state index contributed by atoms with van der Waals surface area (Å²) in [6.45, 7) is 4.23. The van der Waals surface area contributed by atoms with Gasteiger partial charge in [-0.25, -0.2) is 4.39 Å². The molecule has 4 heteroatoms. The first kappa shape index (κ1) is 19.3. The van der Waals surface area contributed by atoms with Gasteiger partial charge in [0.25, 0.3) is 0 Å². The lowest BCUT2D eigenvalue weighted by atomic mass is 9.82. The molecule has 0 fully saturated rings. The highest BCUT2D eigenvalue weighted by Gasteiger charge is 2.20. The topological polar surface area (TPSA) is 18.5 Å². The average molecular weight is 363 g/mol. The first-order valence-corrected chi connectivity index (χ1v) is 8.66. The molecule has 2 nitrogen and oxygen atoms in total. The maximum atomic E-state index is 14.5. The molecular formula is C21H24ClFO2. The van der Waals surface area contributed by atoms with E-state index >= 15 is 0 Å². The summed E-state index contributed by atoms with van der Waals surface area (Å²) in [6.07, 6.45) is 4.41. The molecule has 0 amide bonds. The van der Waals surface area contributed by atoms with Crippen molar-refractivity contribution in [1.29, 1.82) is 0 Å². The Hall–Kier alpha value is -2.00. The van der Waals surface area contributed by atoms with Crippen LogP contribution < -0.4 is 4.74 Å². The molecule has 0 aliphatic carbocycles. The number of alkyl halides is 1. The fraction of sp³-hybridized carbons (Fsp3) is 0.333. The number of methoxy groups -OCH3 is 2. The molecule has 0 atom stereocenters. The van der Waals surface area contributed by atoms with Crippen LogP contribution in [0.1, 0.15) is 25.0 Å². The quantitative estimate of drug-likeness (QED) is 0.446. The number of halogens is 2. The second-order valence-corrected chi connectivity index (χ2v) is 6.94. The van der Waals surface area contributed by atoms with Crippen LogP contribution in [0.5, 0.6) is 5.75 Å². The van der Waals surface area contributed by atoms with Crippen molar-refractivity contribution in [3.63, 3.8) is 0 Å². The number of benzene rings is 2. The monoisotopic (exact) mass is 362 g/mol. The molecule has 0 saturated carbocycles. The van der Waals surface area contributed by atoms with Gasteiger partial charge in [0.1, 0.15) is 11.6 Å². The number of ether oxygens (including phenoxy) is 2. The van der Waals surface area contributed by atoms with Gasteiger partial charge < -0.3 is 9.47 Å². The van der Waals surface area contributed by atoms with E-state index in [4.69, 9.17) is 21.1 Å². The smallest absolute Gasteiger partial charge is 0.131 e. The van der Waals surface area contributed by atoms with E-state index in [0.29, 0.717) is 17.2 Å². The van der Waals surface area contributed by atoms with Gasteiger partial charge in [0.05, 0.1) is 20.5 Å². The van der Waals surface area contributed by atoms with Crippen LogP contribution in [0.25, 0.3) is 11.1 Å². The van der Waals surface area contributed by atoms with Gasteiger partial charge in [-0.2, -0.15) is 0 Å². The highest BCUT2D eigenvalue weighted by atomic mass is 35.5. The molecule has 0 aliphatic rings. The van der Waals surface area contributed by atoms with Crippen LogP contribution in [0.4, 0.5) is 4.39 Å². The van der Waals surface area contributed by atoms with Crippen molar-refractivity contribution in [2.75, 3.05) is 14.2 Å². The molecule has 0 spiro atoms. The zero-order chi connectivity index (χ0) is 18.4. The van der Waals surface area contributed by atoms with Gasteiger partial charge in [0.15, 0.2) is 0 Å². The lowest BCUT2D eigenvalue weighted by Crippen LogP contribution is -2.13. The van der Waals surface area contributed by atoms with Crippen LogP contribution in [0.15, 0.2) is 48.7 Å². The second-order valence-electron chi connectivity index (χ2n) is 6.67. The molecule has 0 N–H and O–H groups in total. The van der Waals surface area contributed by atoms with Crippen LogP contribution in [-0.2, 0) is 17.0 Å². The van der Waals surface area contributed by atoms with Crippen molar-refractivity contribution in [2.24, 2.45) is 5.41 Å². The van der Waals surface area contributed by atoms with Gasteiger partial charge in [0.2, 0.25) is 0 Å². The van der Waals surface area contributed by atoms with Crippen LogP contribution in [0.3, 0.4) is 0 Å². The van der Waals surface area contributed by atoms with Gasteiger partial charge in [-0.15, -0.1) is 11.6 Å². The summed E-state index contributed by atoms with van der Waals surface area (Å²) in [6, 6.07) is 10.7. The van der Waals surface area contributed by atoms with Gasteiger partial charge in [-0.05, 0) is 52.8 Å². The van der Waals surface area contributed by atoms with Crippen molar-refractivity contribution in [3.05, 3.63) is 65.7 Å². The van der Waals surface area contributed by atoms with E-state index in [9.17, 15) is 4.39 Å². The Kier molecular flexibility index (Phi) is 6.49. The van der Waals surface area contributed by atoms with Crippen molar-refractivity contribution in [1.82, 2.24) is 0 Å². The minimum Gasteiger partial charge on any atom is -0.505 e. The van der Waals surface area contributed by atoms with Gasteiger partial charge in [-0.1, -0.05) is 32.0 Å². The number of rotatable bonds is 7. The molecule has 0 unspecified atom stereocenters. The normalized spacial score (nSPS) is 11.8. The minimum atomic E-state index is -0.272. The van der Waals surface area contributed by atoms with E-state index < -0.39 is 0 Å². The Bertz CT molecular complexity index is 754. The number of hydrogen-bond acceptors (Lipinski definition) is 2. The van der Waals surface area contributed by atoms with E-state index in [1.165, 1.54) is 6.07 Å². The molecule has 0 heterocycles. The number of hydrogen-bond donors (Lipinski definition) is 0. The van der Waals surface area contributed by atoms with Gasteiger partial charge in [-0.3, -0.25) is 0 Å². The third kappa shape index (κ3) is 4.99. The van der Waals surface area contributed by atoms with Crippen LogP contribution in [-0.4, -0.2) is 14.2 Å². The third-order valence-electron chi connectivity index (χ3n) is 4.09. The predicted octanol–water partition coefficient (Wildman–Crippen LogP) is 5.97. The molecule has 25 heavy (non-hydrogen) atoms. The molecule has 2 rings (SSSR count). The Labute approximate surface area is 154 Å².